The first kappa shape index (κ1) is 22.1. The predicted octanol–water partition coefficient (Wildman–Crippen LogP) is 3.85. The summed E-state index contributed by atoms with van der Waals surface area (Å²) < 4.78 is 11.5. The van der Waals surface area contributed by atoms with Gasteiger partial charge in [0, 0.05) is 29.4 Å². The summed E-state index contributed by atoms with van der Waals surface area (Å²) in [5.41, 5.74) is 1.50. The average molecular weight is 525 g/mol. The van der Waals surface area contributed by atoms with Crippen molar-refractivity contribution in [3.8, 4) is 5.06 Å². The van der Waals surface area contributed by atoms with Crippen LogP contribution in [0.15, 0.2) is 34.1 Å². The number of halogens is 1. The van der Waals surface area contributed by atoms with Gasteiger partial charge < -0.3 is 25.0 Å². The Bertz CT molecular complexity index is 1020. The lowest BCUT2D eigenvalue weighted by atomic mass is 10.0. The molecule has 2 aliphatic rings. The lowest BCUT2D eigenvalue weighted by Crippen LogP contribution is -2.65. The third-order valence-electron chi connectivity index (χ3n) is 4.98. The predicted molar refractivity (Wildman–Crippen MR) is 127 cm³/mol. The van der Waals surface area contributed by atoms with Gasteiger partial charge in [0.05, 0.1) is 10.4 Å². The zero-order chi connectivity index (χ0) is 22.0. The smallest absolute Gasteiger partial charge is 0.399 e. The van der Waals surface area contributed by atoms with Gasteiger partial charge in [0.25, 0.3) is 5.91 Å². The number of rotatable bonds is 5. The van der Waals surface area contributed by atoms with E-state index in [4.69, 9.17) is 14.9 Å². The highest BCUT2D eigenvalue weighted by atomic mass is 79.9. The number of morpholine rings is 1. The number of nitrogens with one attached hydrogen (secondary N) is 3. The average Bonchev–Trinajstić information content (AvgIpc) is 3.10. The number of ether oxygens (including phenoxy) is 2. The summed E-state index contributed by atoms with van der Waals surface area (Å²) in [7, 11) is 0. The molecule has 3 N–H and O–H groups in total. The van der Waals surface area contributed by atoms with Crippen LogP contribution in [0, 0.1) is 12.3 Å². The van der Waals surface area contributed by atoms with Crippen molar-refractivity contribution in [2.75, 3.05) is 41.5 Å². The molecular weight excluding hydrogens is 504 g/mol. The summed E-state index contributed by atoms with van der Waals surface area (Å²) in [6.45, 7) is 3.43. The molecule has 11 heteroatoms. The van der Waals surface area contributed by atoms with Gasteiger partial charge in [-0.05, 0) is 58.7 Å². The minimum atomic E-state index is -1.00. The number of hydrogen-bond donors (Lipinski definition) is 3. The fourth-order valence-corrected chi connectivity index (χ4v) is 5.53. The molecule has 4 rings (SSSR count). The molecule has 2 fully saturated rings. The molecule has 0 saturated carbocycles. The zero-order valence-corrected chi connectivity index (χ0v) is 19.9. The van der Waals surface area contributed by atoms with E-state index in [0.29, 0.717) is 47.9 Å². The minimum Gasteiger partial charge on any atom is -0.399 e. The Kier molecular flexibility index (Phi) is 6.56. The normalized spacial score (nSPS) is 17.6. The molecule has 0 radical (unpaired) electrons. The molecular formula is C20H21BrN4O4S2. The number of amidine groups is 1. The molecule has 1 aromatic carbocycles. The Hall–Kier alpha value is -2.08. The first-order chi connectivity index (χ1) is 14.9. The van der Waals surface area contributed by atoms with Crippen LogP contribution in [0.2, 0.25) is 0 Å². The summed E-state index contributed by atoms with van der Waals surface area (Å²) in [5.74, 6) is 1.09. The Labute approximate surface area is 196 Å². The second kappa shape index (κ2) is 9.19. The van der Waals surface area contributed by atoms with Crippen LogP contribution in [0.3, 0.4) is 0 Å². The number of amides is 2. The van der Waals surface area contributed by atoms with Gasteiger partial charge in [0.15, 0.2) is 5.06 Å². The summed E-state index contributed by atoms with van der Waals surface area (Å²) in [6, 6.07) is 9.05. The molecule has 0 unspecified atom stereocenters. The number of thiophene rings is 1. The van der Waals surface area contributed by atoms with Gasteiger partial charge in [-0.25, -0.2) is 4.79 Å². The van der Waals surface area contributed by atoms with E-state index in [9.17, 15) is 9.59 Å². The molecule has 2 saturated heterocycles. The molecule has 1 aromatic heterocycles. The Morgan fingerprint density at radius 1 is 1.29 bits per heavy atom. The second-order valence-electron chi connectivity index (χ2n) is 7.25. The maximum absolute atomic E-state index is 13.0. The van der Waals surface area contributed by atoms with E-state index < -0.39 is 11.6 Å². The second-order valence-corrected chi connectivity index (χ2v) is 10.7. The standard InChI is InChI=1S/C20H21BrN4O4S2/c1-12-8-13(2-3-14(12)25-6-7-28-9-16(25)22)23-18(26)20(10-30-11-20)24-19(27)29-17-5-4-15(21)31-17/h2-5,8,22H,6-7,9-11H2,1H3,(H,23,26)(H,24,27). The molecule has 2 aromatic rings. The SMILES string of the molecule is Cc1cc(NC(=O)C2(NC(=O)Oc3ccc(Br)s3)CSC2)ccc1N1CCOCC1=N. The fourth-order valence-electron chi connectivity index (χ4n) is 3.32. The van der Waals surface area contributed by atoms with Crippen LogP contribution in [0.25, 0.3) is 0 Å². The third-order valence-corrected chi connectivity index (χ3v) is 7.88. The molecule has 164 valence electrons. The number of carbonyl (C=O) groups is 2. The van der Waals surface area contributed by atoms with E-state index in [1.165, 1.54) is 11.3 Å². The third kappa shape index (κ3) is 4.89. The quantitative estimate of drug-likeness (QED) is 0.548. The van der Waals surface area contributed by atoms with E-state index in [0.717, 1.165) is 15.0 Å². The number of nitrogens with zero attached hydrogens (tertiary/aromatic N) is 1. The van der Waals surface area contributed by atoms with Crippen molar-refractivity contribution in [3.05, 3.63) is 39.7 Å². The van der Waals surface area contributed by atoms with Crippen LogP contribution in [0.1, 0.15) is 5.56 Å². The summed E-state index contributed by atoms with van der Waals surface area (Å²) in [6.07, 6.45) is -0.651. The molecule has 8 nitrogen and oxygen atoms in total. The van der Waals surface area contributed by atoms with E-state index in [1.54, 1.807) is 23.9 Å². The van der Waals surface area contributed by atoms with Gasteiger partial charge in [0.1, 0.15) is 18.0 Å². The molecule has 0 bridgehead atoms. The maximum atomic E-state index is 13.0. The van der Waals surface area contributed by atoms with Gasteiger partial charge in [-0.1, -0.05) is 11.3 Å². The van der Waals surface area contributed by atoms with Crippen molar-refractivity contribution in [2.24, 2.45) is 0 Å². The highest BCUT2D eigenvalue weighted by molar-refractivity contribution is 9.11. The summed E-state index contributed by atoms with van der Waals surface area (Å²) in [4.78, 5) is 27.2. The highest BCUT2D eigenvalue weighted by Gasteiger charge is 2.47. The molecule has 2 amide bonds. The lowest BCUT2D eigenvalue weighted by molar-refractivity contribution is -0.121. The topological polar surface area (TPSA) is 104 Å². The molecule has 0 atom stereocenters. The maximum Gasteiger partial charge on any atom is 0.414 e. The van der Waals surface area contributed by atoms with Crippen molar-refractivity contribution in [1.82, 2.24) is 5.32 Å². The molecule has 0 spiro atoms. The Balaban J connectivity index is 1.42. The number of hydrogen-bond acceptors (Lipinski definition) is 7. The van der Waals surface area contributed by atoms with E-state index in [-0.39, 0.29) is 5.91 Å². The monoisotopic (exact) mass is 524 g/mol. The van der Waals surface area contributed by atoms with Crippen molar-refractivity contribution >= 4 is 68.2 Å². The van der Waals surface area contributed by atoms with E-state index in [2.05, 4.69) is 26.6 Å². The van der Waals surface area contributed by atoms with Crippen LogP contribution in [0.4, 0.5) is 16.2 Å². The van der Waals surface area contributed by atoms with Crippen LogP contribution in [-0.2, 0) is 9.53 Å². The number of carbonyl (C=O) groups excluding carboxylic acids is 2. The van der Waals surface area contributed by atoms with Crippen molar-refractivity contribution < 1.29 is 19.1 Å². The van der Waals surface area contributed by atoms with Crippen LogP contribution in [-0.4, -0.2) is 54.6 Å². The van der Waals surface area contributed by atoms with Crippen molar-refractivity contribution in [1.29, 1.82) is 5.41 Å². The number of thioether (sulfide) groups is 1. The van der Waals surface area contributed by atoms with Crippen molar-refractivity contribution in [3.63, 3.8) is 0 Å². The summed E-state index contributed by atoms with van der Waals surface area (Å²) >= 11 is 6.20. The first-order valence-corrected chi connectivity index (χ1v) is 12.3. The molecule has 3 heterocycles. The van der Waals surface area contributed by atoms with Gasteiger partial charge >= 0.3 is 6.09 Å². The molecule has 31 heavy (non-hydrogen) atoms. The number of anilines is 2. The zero-order valence-electron chi connectivity index (χ0n) is 16.7. The van der Waals surface area contributed by atoms with E-state index >= 15 is 0 Å². The highest BCUT2D eigenvalue weighted by Crippen LogP contribution is 2.33. The lowest BCUT2D eigenvalue weighted by Gasteiger charge is -2.39. The van der Waals surface area contributed by atoms with E-state index in [1.807, 2.05) is 30.0 Å². The fraction of sp³-hybridized carbons (Fsp3) is 0.350. The first-order valence-electron chi connectivity index (χ1n) is 9.54. The van der Waals surface area contributed by atoms with Crippen LogP contribution >= 0.6 is 39.0 Å². The molecule has 2 aliphatic heterocycles. The van der Waals surface area contributed by atoms with Gasteiger partial charge in [-0.2, -0.15) is 11.8 Å². The number of aryl methyl sites for hydroxylation is 1. The van der Waals surface area contributed by atoms with Crippen LogP contribution in [0.5, 0.6) is 5.06 Å². The van der Waals surface area contributed by atoms with Crippen molar-refractivity contribution in [2.45, 2.75) is 12.5 Å². The Morgan fingerprint density at radius 2 is 2.10 bits per heavy atom. The largest absolute Gasteiger partial charge is 0.414 e. The van der Waals surface area contributed by atoms with Crippen LogP contribution < -0.4 is 20.3 Å². The summed E-state index contributed by atoms with van der Waals surface area (Å²) in [5, 5.41) is 14.2. The molecule has 0 aliphatic carbocycles. The number of benzene rings is 1. The van der Waals surface area contributed by atoms with Gasteiger partial charge in [-0.15, -0.1) is 0 Å². The van der Waals surface area contributed by atoms with Gasteiger partial charge in [-0.3, -0.25) is 10.2 Å². The minimum absolute atomic E-state index is 0.276. The van der Waals surface area contributed by atoms with Gasteiger partial charge in [0.2, 0.25) is 0 Å². The Morgan fingerprint density at radius 3 is 2.71 bits per heavy atom.